The second kappa shape index (κ2) is 11.1. The Bertz CT molecular complexity index is 1470. The number of fused-ring (bicyclic) bond motifs is 2. The molecule has 3 aliphatic rings. The van der Waals surface area contributed by atoms with Crippen LogP contribution in [0.5, 0.6) is 0 Å². The Kier molecular flexibility index (Phi) is 7.69. The number of halogens is 1. The first kappa shape index (κ1) is 30.5. The summed E-state index contributed by atoms with van der Waals surface area (Å²) in [5.41, 5.74) is -0.487. The number of rotatable bonds is 5. The lowest BCUT2D eigenvalue weighted by molar-refractivity contribution is -0.0171. The van der Waals surface area contributed by atoms with Crippen LogP contribution in [0.15, 0.2) is 79.0 Å². The number of hydrogen-bond donors (Lipinski definition) is 0. The standard InChI is InChI=1S/C35H42FN3O4Si/c1-34(2,3)42-33(41)39-28-19-23-20-29(39)31(30(28)38(22-23)32(40)27-18-17-24(36)21-37-27)43-44(35(4,5)6,25-13-9-7-10-14-25)26-15-11-8-12-16-26/h7-18,21,23,28-31H,19-20,22H2,1-6H3/t23-,28-,29+,30-,31+/m0/s1. The van der Waals surface area contributed by atoms with Gasteiger partial charge >= 0.3 is 6.09 Å². The van der Waals surface area contributed by atoms with Crippen LogP contribution >= 0.6 is 0 Å². The highest BCUT2D eigenvalue weighted by molar-refractivity contribution is 6.99. The van der Waals surface area contributed by atoms with E-state index in [1.165, 1.54) is 12.1 Å². The van der Waals surface area contributed by atoms with Crippen molar-refractivity contribution < 1.29 is 23.1 Å². The minimum Gasteiger partial charge on any atom is -0.444 e. The molecule has 0 radical (unpaired) electrons. The zero-order valence-electron chi connectivity index (χ0n) is 26.4. The zero-order chi connectivity index (χ0) is 31.4. The minimum atomic E-state index is -3.06. The van der Waals surface area contributed by atoms with Gasteiger partial charge in [0.15, 0.2) is 0 Å². The van der Waals surface area contributed by atoms with E-state index in [2.05, 4.69) is 74.3 Å². The molecule has 3 aliphatic heterocycles. The summed E-state index contributed by atoms with van der Waals surface area (Å²) < 4.78 is 27.5. The van der Waals surface area contributed by atoms with Gasteiger partial charge in [-0.2, -0.15) is 0 Å². The number of carbonyl (C=O) groups excluding carboxylic acids is 2. The van der Waals surface area contributed by atoms with E-state index in [0.717, 1.165) is 23.0 Å². The number of likely N-dealkylation sites (tertiary alicyclic amines) is 1. The molecule has 0 saturated carbocycles. The van der Waals surface area contributed by atoms with E-state index in [0.29, 0.717) is 13.0 Å². The van der Waals surface area contributed by atoms with Crippen molar-refractivity contribution in [2.75, 3.05) is 6.54 Å². The Balaban J connectivity index is 1.51. The number of amides is 2. The summed E-state index contributed by atoms with van der Waals surface area (Å²) in [6.45, 7) is 12.8. The molecule has 3 fully saturated rings. The molecule has 3 aromatic rings. The zero-order valence-corrected chi connectivity index (χ0v) is 27.4. The predicted molar refractivity (Wildman–Crippen MR) is 170 cm³/mol. The lowest BCUT2D eigenvalue weighted by Gasteiger charge is -2.47. The molecule has 9 heteroatoms. The van der Waals surface area contributed by atoms with Crippen molar-refractivity contribution in [3.63, 3.8) is 0 Å². The van der Waals surface area contributed by atoms with Crippen molar-refractivity contribution in [1.29, 1.82) is 0 Å². The van der Waals surface area contributed by atoms with E-state index in [-0.39, 0.29) is 40.7 Å². The van der Waals surface area contributed by atoms with Gasteiger partial charge in [0.2, 0.25) is 0 Å². The SMILES string of the molecule is CC(C)(C)OC(=O)N1[C@@H]2C[C@@H]3C[C@H]1[C@@H]([C@@H]2O[Si](c1ccccc1)(c1ccccc1)C(C)(C)C)N(C(=O)c1ccc(F)cn1)C3. The molecular weight excluding hydrogens is 573 g/mol. The number of pyridine rings is 1. The highest BCUT2D eigenvalue weighted by atomic mass is 28.4. The molecule has 3 bridgehead atoms. The largest absolute Gasteiger partial charge is 0.444 e. The summed E-state index contributed by atoms with van der Waals surface area (Å²) in [6.07, 6.45) is 1.71. The summed E-state index contributed by atoms with van der Waals surface area (Å²) in [7, 11) is -3.06. The monoisotopic (exact) mass is 615 g/mol. The Morgan fingerprint density at radius 2 is 1.45 bits per heavy atom. The molecule has 232 valence electrons. The number of carbonyl (C=O) groups is 2. The number of ether oxygens (including phenoxy) is 1. The fraction of sp³-hybridized carbons (Fsp3) is 0.457. The first-order valence-electron chi connectivity index (χ1n) is 15.5. The summed E-state index contributed by atoms with van der Waals surface area (Å²) in [5.74, 6) is -0.574. The number of nitrogens with zero attached hydrogens (tertiary/aromatic N) is 3. The summed E-state index contributed by atoms with van der Waals surface area (Å²) in [6, 6.07) is 22.6. The van der Waals surface area contributed by atoms with Crippen LogP contribution in [0.4, 0.5) is 9.18 Å². The predicted octanol–water partition coefficient (Wildman–Crippen LogP) is 5.39. The highest BCUT2D eigenvalue weighted by Gasteiger charge is 2.65. The van der Waals surface area contributed by atoms with Gasteiger partial charge in [-0.15, -0.1) is 0 Å². The number of hydrogen-bond acceptors (Lipinski definition) is 5. The second-order valence-electron chi connectivity index (χ2n) is 14.4. The molecule has 0 unspecified atom stereocenters. The molecule has 7 nitrogen and oxygen atoms in total. The van der Waals surface area contributed by atoms with Crippen molar-refractivity contribution in [3.05, 3.63) is 90.5 Å². The maximum Gasteiger partial charge on any atom is 0.410 e. The fourth-order valence-electron chi connectivity index (χ4n) is 7.73. The molecule has 0 spiro atoms. The van der Waals surface area contributed by atoms with E-state index in [1.807, 2.05) is 42.7 Å². The second-order valence-corrected chi connectivity index (χ2v) is 18.7. The average Bonchev–Trinajstić information content (AvgIpc) is 3.08. The smallest absolute Gasteiger partial charge is 0.410 e. The summed E-state index contributed by atoms with van der Waals surface area (Å²) in [5, 5.41) is 1.97. The summed E-state index contributed by atoms with van der Waals surface area (Å²) >= 11 is 0. The van der Waals surface area contributed by atoms with Gasteiger partial charge in [0.1, 0.15) is 17.1 Å². The van der Waals surface area contributed by atoms with Gasteiger partial charge < -0.3 is 14.1 Å². The fourth-order valence-corrected chi connectivity index (χ4v) is 12.4. The van der Waals surface area contributed by atoms with E-state index in [9.17, 15) is 14.0 Å². The molecule has 4 heterocycles. The van der Waals surface area contributed by atoms with E-state index in [4.69, 9.17) is 9.16 Å². The van der Waals surface area contributed by atoms with Gasteiger partial charge in [-0.1, -0.05) is 81.4 Å². The molecule has 0 aliphatic carbocycles. The molecule has 2 amide bonds. The first-order valence-corrected chi connectivity index (χ1v) is 17.4. The number of piperidine rings is 2. The maximum absolute atomic E-state index is 14.1. The van der Waals surface area contributed by atoms with Gasteiger partial charge in [-0.25, -0.2) is 14.2 Å². The van der Waals surface area contributed by atoms with Gasteiger partial charge in [-0.05, 0) is 67.1 Å². The maximum atomic E-state index is 14.1. The minimum absolute atomic E-state index is 0.184. The Morgan fingerprint density at radius 3 is 1.98 bits per heavy atom. The van der Waals surface area contributed by atoms with Gasteiger partial charge in [0.05, 0.1) is 30.4 Å². The normalized spacial score (nSPS) is 24.8. The van der Waals surface area contributed by atoms with E-state index in [1.54, 1.807) is 0 Å². The molecule has 1 aromatic heterocycles. The van der Waals surface area contributed by atoms with E-state index >= 15 is 0 Å². The van der Waals surface area contributed by atoms with Crippen molar-refractivity contribution >= 4 is 30.7 Å². The van der Waals surface area contributed by atoms with Crippen molar-refractivity contribution in [3.8, 4) is 0 Å². The lowest BCUT2D eigenvalue weighted by Crippen LogP contribution is -2.69. The molecule has 5 atom stereocenters. The third-order valence-electron chi connectivity index (χ3n) is 9.33. The third-order valence-corrected chi connectivity index (χ3v) is 14.4. The van der Waals surface area contributed by atoms with Crippen LogP contribution in [0.1, 0.15) is 64.9 Å². The van der Waals surface area contributed by atoms with Crippen LogP contribution in [-0.2, 0) is 9.16 Å². The Hall–Kier alpha value is -3.56. The first-order chi connectivity index (χ1) is 20.8. The molecule has 44 heavy (non-hydrogen) atoms. The van der Waals surface area contributed by atoms with Gasteiger partial charge in [-0.3, -0.25) is 9.69 Å². The molecule has 2 aromatic carbocycles. The molecule has 3 saturated heterocycles. The number of benzene rings is 2. The van der Waals surface area contributed by atoms with Crippen molar-refractivity contribution in [2.45, 2.75) is 89.3 Å². The topological polar surface area (TPSA) is 72.0 Å². The quantitative estimate of drug-likeness (QED) is 0.360. The highest BCUT2D eigenvalue weighted by Crippen LogP contribution is 2.50. The van der Waals surface area contributed by atoms with Crippen LogP contribution in [-0.4, -0.2) is 71.5 Å². The van der Waals surface area contributed by atoms with Crippen LogP contribution < -0.4 is 10.4 Å². The van der Waals surface area contributed by atoms with Crippen molar-refractivity contribution in [1.82, 2.24) is 14.8 Å². The summed E-state index contributed by atoms with van der Waals surface area (Å²) in [4.78, 5) is 35.9. The number of aromatic nitrogens is 1. The lowest BCUT2D eigenvalue weighted by atomic mass is 9.86. The van der Waals surface area contributed by atoms with Gasteiger partial charge in [0, 0.05) is 6.54 Å². The Morgan fingerprint density at radius 1 is 0.864 bits per heavy atom. The average molecular weight is 616 g/mol. The van der Waals surface area contributed by atoms with Crippen molar-refractivity contribution in [2.24, 2.45) is 5.92 Å². The molecule has 6 rings (SSSR count). The van der Waals surface area contributed by atoms with Crippen LogP contribution in [0.25, 0.3) is 0 Å². The third kappa shape index (κ3) is 5.24. The molecule has 0 N–H and O–H groups in total. The Labute approximate surface area is 260 Å². The van der Waals surface area contributed by atoms with Gasteiger partial charge in [0.25, 0.3) is 14.2 Å². The molecular formula is C35H42FN3O4Si. The van der Waals surface area contributed by atoms with Crippen LogP contribution in [0.2, 0.25) is 5.04 Å². The van der Waals surface area contributed by atoms with E-state index < -0.39 is 31.9 Å². The van der Waals surface area contributed by atoms with Crippen LogP contribution in [0.3, 0.4) is 0 Å². The van der Waals surface area contributed by atoms with Crippen LogP contribution in [0, 0.1) is 11.7 Å².